The average molecular weight is 517 g/mol. The highest BCUT2D eigenvalue weighted by Crippen LogP contribution is 2.15. The molecule has 6 nitrogen and oxygen atoms in total. The van der Waals surface area contributed by atoms with Gasteiger partial charge in [-0.05, 0) is 37.3 Å². The molecule has 1 aromatic carbocycles. The second-order valence-electron chi connectivity index (χ2n) is 7.72. The third-order valence-electron chi connectivity index (χ3n) is 5.34. The first-order valence-corrected chi connectivity index (χ1v) is 10.6. The van der Waals surface area contributed by atoms with Gasteiger partial charge in [0.15, 0.2) is 5.96 Å². The lowest BCUT2D eigenvalue weighted by Crippen LogP contribution is -2.41. The quantitative estimate of drug-likeness (QED) is 0.326. The summed E-state index contributed by atoms with van der Waals surface area (Å²) in [5, 5.41) is 3.40. The van der Waals surface area contributed by atoms with Gasteiger partial charge in [0.25, 0.3) is 0 Å². The van der Waals surface area contributed by atoms with E-state index in [4.69, 9.17) is 19.2 Å². The largest absolute Gasteiger partial charge is 0.381 e. The number of benzene rings is 1. The van der Waals surface area contributed by atoms with Crippen LogP contribution in [0.5, 0.6) is 0 Å². The molecule has 2 aliphatic heterocycles. The van der Waals surface area contributed by atoms with Crippen LogP contribution in [-0.4, -0.2) is 63.5 Å². The summed E-state index contributed by atoms with van der Waals surface area (Å²) >= 11 is 0. The van der Waals surface area contributed by atoms with Gasteiger partial charge in [0.1, 0.15) is 0 Å². The highest BCUT2D eigenvalue weighted by molar-refractivity contribution is 14.0. The second kappa shape index (κ2) is 13.4. The molecule has 0 aromatic heterocycles. The summed E-state index contributed by atoms with van der Waals surface area (Å²) < 4.78 is 16.9. The van der Waals surface area contributed by atoms with Gasteiger partial charge in [-0.3, -0.25) is 0 Å². The lowest BCUT2D eigenvalue weighted by Gasteiger charge is -2.24. The zero-order valence-corrected chi connectivity index (χ0v) is 20.1. The molecule has 0 bridgehead atoms. The number of guanidine groups is 1. The van der Waals surface area contributed by atoms with Crippen LogP contribution in [0.15, 0.2) is 29.3 Å². The van der Waals surface area contributed by atoms with Gasteiger partial charge in [-0.2, -0.15) is 0 Å². The van der Waals surface area contributed by atoms with Crippen LogP contribution in [0.25, 0.3) is 0 Å². The molecule has 0 aliphatic carbocycles. The van der Waals surface area contributed by atoms with Crippen LogP contribution in [0.4, 0.5) is 0 Å². The lowest BCUT2D eigenvalue weighted by atomic mass is 10.1. The van der Waals surface area contributed by atoms with Crippen LogP contribution in [0.1, 0.15) is 37.3 Å². The van der Waals surface area contributed by atoms with Crippen molar-refractivity contribution in [2.24, 2.45) is 10.9 Å². The topological polar surface area (TPSA) is 55.3 Å². The molecule has 2 saturated heterocycles. The maximum atomic E-state index is 6.00. The first kappa shape index (κ1) is 24.4. The summed E-state index contributed by atoms with van der Waals surface area (Å²) in [5.41, 5.74) is 2.42. The van der Waals surface area contributed by atoms with E-state index in [0.717, 1.165) is 64.7 Å². The summed E-state index contributed by atoms with van der Waals surface area (Å²) in [4.78, 5) is 7.04. The van der Waals surface area contributed by atoms with Gasteiger partial charge in [0.2, 0.25) is 0 Å². The molecule has 29 heavy (non-hydrogen) atoms. The summed E-state index contributed by atoms with van der Waals surface area (Å²) in [6, 6.07) is 8.61. The van der Waals surface area contributed by atoms with Gasteiger partial charge in [-0.15, -0.1) is 24.0 Å². The predicted molar refractivity (Wildman–Crippen MR) is 127 cm³/mol. The van der Waals surface area contributed by atoms with Crippen LogP contribution in [-0.2, 0) is 27.4 Å². The Balaban J connectivity index is 0.00000300. The van der Waals surface area contributed by atoms with E-state index in [1.165, 1.54) is 11.1 Å². The number of ether oxygens (including phenoxy) is 3. The normalized spacial score (nSPS) is 20.3. The van der Waals surface area contributed by atoms with Crippen molar-refractivity contribution < 1.29 is 14.2 Å². The summed E-state index contributed by atoms with van der Waals surface area (Å²) in [7, 11) is 2.11. The van der Waals surface area contributed by atoms with Crippen molar-refractivity contribution in [2.45, 2.75) is 45.4 Å². The second-order valence-corrected chi connectivity index (χ2v) is 7.72. The van der Waals surface area contributed by atoms with Gasteiger partial charge in [-0.25, -0.2) is 4.99 Å². The van der Waals surface area contributed by atoms with Crippen LogP contribution >= 0.6 is 24.0 Å². The molecule has 0 spiro atoms. The van der Waals surface area contributed by atoms with Crippen LogP contribution in [0.2, 0.25) is 0 Å². The number of nitrogens with zero attached hydrogens (tertiary/aromatic N) is 2. The molecule has 0 radical (unpaired) electrons. The Kier molecular flexibility index (Phi) is 11.3. The van der Waals surface area contributed by atoms with Crippen molar-refractivity contribution in [1.82, 2.24) is 10.2 Å². The highest BCUT2D eigenvalue weighted by atomic mass is 127. The molecule has 0 amide bonds. The molecule has 164 valence electrons. The van der Waals surface area contributed by atoms with E-state index >= 15 is 0 Å². The summed E-state index contributed by atoms with van der Waals surface area (Å²) in [6.07, 6.45) is 3.48. The number of nitrogens with one attached hydrogen (secondary N) is 1. The lowest BCUT2D eigenvalue weighted by molar-refractivity contribution is -0.0390. The molecular weight excluding hydrogens is 481 g/mol. The number of aliphatic imine (C=N–C) groups is 1. The Morgan fingerprint density at radius 1 is 1.10 bits per heavy atom. The van der Waals surface area contributed by atoms with Crippen molar-refractivity contribution >= 4 is 29.9 Å². The maximum Gasteiger partial charge on any atom is 0.193 e. The van der Waals surface area contributed by atoms with Gasteiger partial charge in [-0.1, -0.05) is 24.3 Å². The standard InChI is InChI=1S/C22H35N3O3.HI/c1-3-23-22(25(2)15-20-8-11-27-16-20)24-14-18-4-6-19(7-5-18)17-28-21-9-12-26-13-10-21;/h4-7,20-21H,3,8-17H2,1-2H3,(H,23,24);1H. The van der Waals surface area contributed by atoms with E-state index in [1.54, 1.807) is 0 Å². The highest BCUT2D eigenvalue weighted by Gasteiger charge is 2.19. The fourth-order valence-electron chi connectivity index (χ4n) is 3.63. The Morgan fingerprint density at radius 2 is 1.79 bits per heavy atom. The van der Waals surface area contributed by atoms with E-state index < -0.39 is 0 Å². The monoisotopic (exact) mass is 517 g/mol. The number of halogens is 1. The van der Waals surface area contributed by atoms with E-state index in [0.29, 0.717) is 25.2 Å². The third-order valence-corrected chi connectivity index (χ3v) is 5.34. The third kappa shape index (κ3) is 8.39. The number of rotatable bonds is 8. The smallest absolute Gasteiger partial charge is 0.193 e. The van der Waals surface area contributed by atoms with Gasteiger partial charge < -0.3 is 24.4 Å². The summed E-state index contributed by atoms with van der Waals surface area (Å²) in [6.45, 7) is 8.68. The van der Waals surface area contributed by atoms with Crippen molar-refractivity contribution in [3.05, 3.63) is 35.4 Å². The molecule has 1 atom stereocenters. The molecule has 1 N–H and O–H groups in total. The van der Waals surface area contributed by atoms with Crippen molar-refractivity contribution in [1.29, 1.82) is 0 Å². The first-order valence-electron chi connectivity index (χ1n) is 10.6. The van der Waals surface area contributed by atoms with E-state index in [2.05, 4.69) is 48.5 Å². The Labute approximate surface area is 192 Å². The molecule has 7 heteroatoms. The molecule has 2 fully saturated rings. The average Bonchev–Trinajstić information content (AvgIpc) is 3.24. The SMILES string of the molecule is CCNC(=NCc1ccc(COC2CCOCC2)cc1)N(C)CC1CCOC1.I. The van der Waals surface area contributed by atoms with E-state index in [1.807, 2.05) is 0 Å². The first-order chi connectivity index (χ1) is 13.7. The van der Waals surface area contributed by atoms with Crippen molar-refractivity contribution in [3.8, 4) is 0 Å². The fourth-order valence-corrected chi connectivity index (χ4v) is 3.63. The van der Waals surface area contributed by atoms with E-state index in [9.17, 15) is 0 Å². The zero-order chi connectivity index (χ0) is 19.6. The number of hydrogen-bond acceptors (Lipinski definition) is 4. The molecule has 1 aromatic rings. The molecule has 1 unspecified atom stereocenters. The van der Waals surface area contributed by atoms with Gasteiger partial charge in [0, 0.05) is 45.9 Å². The maximum absolute atomic E-state index is 6.00. The van der Waals surface area contributed by atoms with Crippen LogP contribution in [0.3, 0.4) is 0 Å². The minimum absolute atomic E-state index is 0. The molecule has 2 aliphatic rings. The molecular formula is C22H36IN3O3. The Bertz CT molecular complexity index is 600. The van der Waals surface area contributed by atoms with E-state index in [-0.39, 0.29) is 24.0 Å². The van der Waals surface area contributed by atoms with Gasteiger partial charge in [0.05, 0.1) is 25.9 Å². The fraction of sp³-hybridized carbons (Fsp3) is 0.682. The zero-order valence-electron chi connectivity index (χ0n) is 17.8. The van der Waals surface area contributed by atoms with Gasteiger partial charge >= 0.3 is 0 Å². The molecule has 3 rings (SSSR count). The minimum atomic E-state index is 0. The van der Waals surface area contributed by atoms with Crippen LogP contribution in [0, 0.1) is 5.92 Å². The number of hydrogen-bond donors (Lipinski definition) is 1. The van der Waals surface area contributed by atoms with Crippen molar-refractivity contribution in [2.75, 3.05) is 46.6 Å². The Morgan fingerprint density at radius 3 is 2.45 bits per heavy atom. The molecule has 0 saturated carbocycles. The minimum Gasteiger partial charge on any atom is -0.381 e. The van der Waals surface area contributed by atoms with Crippen molar-refractivity contribution in [3.63, 3.8) is 0 Å². The summed E-state index contributed by atoms with van der Waals surface area (Å²) in [5.74, 6) is 1.56. The predicted octanol–water partition coefficient (Wildman–Crippen LogP) is 3.43. The molecule has 2 heterocycles. The van der Waals surface area contributed by atoms with Crippen LogP contribution < -0.4 is 5.32 Å². The Hall–Kier alpha value is -0.900.